The van der Waals surface area contributed by atoms with E-state index in [1.54, 1.807) is 18.5 Å². The maximum atomic E-state index is 14.5. The summed E-state index contributed by atoms with van der Waals surface area (Å²) in [7, 11) is 0. The lowest BCUT2D eigenvalue weighted by Crippen LogP contribution is -2.38. The molecule has 4 N–H and O–H groups in total. The Hall–Kier alpha value is -3.23. The molecule has 1 aliphatic heterocycles. The summed E-state index contributed by atoms with van der Waals surface area (Å²) < 4.78 is 20.6. The highest BCUT2D eigenvalue weighted by Gasteiger charge is 2.27. The molecule has 0 radical (unpaired) electrons. The normalized spacial score (nSPS) is 18.8. The van der Waals surface area contributed by atoms with E-state index in [0.717, 1.165) is 41.9 Å². The van der Waals surface area contributed by atoms with E-state index in [1.165, 1.54) is 5.56 Å². The van der Waals surface area contributed by atoms with Crippen LogP contribution in [-0.4, -0.2) is 40.1 Å². The molecule has 2 aromatic heterocycles. The zero-order valence-electron chi connectivity index (χ0n) is 17.8. The first kappa shape index (κ1) is 20.7. The second kappa shape index (κ2) is 9.50. The molecule has 0 spiro atoms. The summed E-state index contributed by atoms with van der Waals surface area (Å²) in [4.78, 5) is 0. The van der Waals surface area contributed by atoms with Gasteiger partial charge in [0.05, 0.1) is 18.3 Å². The monoisotopic (exact) mass is 434 g/mol. The van der Waals surface area contributed by atoms with Crippen LogP contribution in [0.15, 0.2) is 54.9 Å². The van der Waals surface area contributed by atoms with Crippen molar-refractivity contribution in [1.29, 1.82) is 0 Å². The Bertz CT molecular complexity index is 1160. The molecule has 3 heterocycles. The molecule has 5 rings (SSSR count). The number of aromatic nitrogens is 4. The summed E-state index contributed by atoms with van der Waals surface area (Å²) in [5.74, 6) is 1.29. The summed E-state index contributed by atoms with van der Waals surface area (Å²) >= 11 is 0. The van der Waals surface area contributed by atoms with Crippen LogP contribution in [-0.2, 0) is 13.1 Å². The molecule has 1 saturated heterocycles. The smallest absolute Gasteiger partial charge is 0.127 e. The number of aromatic amines is 2. The first-order valence-electron chi connectivity index (χ1n) is 11.0. The number of piperidine rings is 1. The molecule has 166 valence electrons. The molecule has 4 aromatic rings. The highest BCUT2D eigenvalue weighted by Crippen LogP contribution is 2.32. The van der Waals surface area contributed by atoms with Gasteiger partial charge in [-0.1, -0.05) is 12.1 Å². The van der Waals surface area contributed by atoms with Gasteiger partial charge in [0.25, 0.3) is 0 Å². The average Bonchev–Trinajstić information content (AvgIpc) is 3.51. The van der Waals surface area contributed by atoms with E-state index in [4.69, 9.17) is 4.74 Å². The third-order valence-electron chi connectivity index (χ3n) is 6.17. The van der Waals surface area contributed by atoms with Crippen LogP contribution in [0, 0.1) is 11.7 Å². The maximum Gasteiger partial charge on any atom is 0.127 e. The van der Waals surface area contributed by atoms with Gasteiger partial charge in [0, 0.05) is 48.4 Å². The van der Waals surface area contributed by atoms with Crippen LogP contribution in [0.3, 0.4) is 0 Å². The van der Waals surface area contributed by atoms with Gasteiger partial charge < -0.3 is 15.4 Å². The summed E-state index contributed by atoms with van der Waals surface area (Å²) in [6.45, 7) is 3.52. The lowest BCUT2D eigenvalue weighted by atomic mass is 9.81. The van der Waals surface area contributed by atoms with Gasteiger partial charge >= 0.3 is 0 Å². The van der Waals surface area contributed by atoms with E-state index in [9.17, 15) is 4.39 Å². The summed E-state index contributed by atoms with van der Waals surface area (Å²) in [5.41, 5.74) is 3.83. The molecule has 0 aliphatic carbocycles. The van der Waals surface area contributed by atoms with Gasteiger partial charge in [0.2, 0.25) is 0 Å². The van der Waals surface area contributed by atoms with Crippen molar-refractivity contribution < 1.29 is 9.13 Å². The average molecular weight is 435 g/mol. The quantitative estimate of drug-likeness (QED) is 0.341. The molecule has 0 saturated carbocycles. The van der Waals surface area contributed by atoms with Gasteiger partial charge in [-0.05, 0) is 54.8 Å². The molecule has 0 unspecified atom stereocenters. The first-order valence-corrected chi connectivity index (χ1v) is 11.0. The molecule has 8 heteroatoms. The highest BCUT2D eigenvalue weighted by molar-refractivity contribution is 5.79. The topological polar surface area (TPSA) is 90.7 Å². The second-order valence-electron chi connectivity index (χ2n) is 8.33. The van der Waals surface area contributed by atoms with E-state index in [0.29, 0.717) is 37.1 Å². The van der Waals surface area contributed by atoms with E-state index >= 15 is 0 Å². The van der Waals surface area contributed by atoms with Gasteiger partial charge in [0.15, 0.2) is 0 Å². The van der Waals surface area contributed by atoms with Crippen molar-refractivity contribution in [3.8, 4) is 5.75 Å². The zero-order valence-corrected chi connectivity index (χ0v) is 17.8. The second-order valence-corrected chi connectivity index (χ2v) is 8.33. The molecule has 0 amide bonds. The van der Waals surface area contributed by atoms with E-state index in [1.807, 2.05) is 36.4 Å². The summed E-state index contributed by atoms with van der Waals surface area (Å²) in [6.07, 6.45) is 4.51. The molecule has 1 aliphatic rings. The van der Waals surface area contributed by atoms with E-state index in [-0.39, 0.29) is 5.82 Å². The van der Waals surface area contributed by atoms with Gasteiger partial charge in [-0.15, -0.1) is 0 Å². The number of H-pyrrole nitrogens is 2. The Morgan fingerprint density at radius 3 is 2.94 bits per heavy atom. The minimum atomic E-state index is -0.180. The number of ether oxygens (including phenoxy) is 1. The van der Waals surface area contributed by atoms with Crippen molar-refractivity contribution in [2.45, 2.75) is 25.4 Å². The minimum absolute atomic E-state index is 0.180. The lowest BCUT2D eigenvalue weighted by molar-refractivity contribution is 0.197. The van der Waals surface area contributed by atoms with Gasteiger partial charge in [-0.25, -0.2) is 4.39 Å². The van der Waals surface area contributed by atoms with Gasteiger partial charge in [0.1, 0.15) is 11.6 Å². The Morgan fingerprint density at radius 1 is 1.06 bits per heavy atom. The number of rotatable bonds is 8. The lowest BCUT2D eigenvalue weighted by Gasteiger charge is -2.32. The maximum absolute atomic E-state index is 14.5. The molecule has 7 nitrogen and oxygen atoms in total. The molecule has 2 atom stereocenters. The highest BCUT2D eigenvalue weighted by atomic mass is 19.1. The van der Waals surface area contributed by atoms with Crippen LogP contribution in [0.4, 0.5) is 4.39 Å². The van der Waals surface area contributed by atoms with Crippen LogP contribution in [0.5, 0.6) is 5.75 Å². The number of nitrogens with one attached hydrogen (secondary N) is 4. The van der Waals surface area contributed by atoms with Gasteiger partial charge in [-0.2, -0.15) is 10.2 Å². The van der Waals surface area contributed by atoms with Gasteiger partial charge in [-0.3, -0.25) is 10.2 Å². The standard InChI is InChI=1S/C24H27FN6O/c25-23-3-1-16(9-17(23)11-27-14-20-5-8-28-30-20)22-6-7-26-12-19(22)15-32-21-2-4-24-18(10-21)13-29-31-24/h1-5,8-10,13,19,22,26-27H,6-7,11-12,14-15H2,(H,28,30)(H,29,31)/t19-,22-/m0/s1. The van der Waals surface area contributed by atoms with Crippen LogP contribution in [0.2, 0.25) is 0 Å². The fourth-order valence-corrected chi connectivity index (χ4v) is 4.43. The third kappa shape index (κ3) is 4.66. The first-order chi connectivity index (χ1) is 15.8. The molecule has 1 fully saturated rings. The molecular formula is C24H27FN6O. The van der Waals surface area contributed by atoms with Crippen LogP contribution < -0.4 is 15.4 Å². The van der Waals surface area contributed by atoms with Crippen molar-refractivity contribution in [1.82, 2.24) is 31.0 Å². The fraction of sp³-hybridized carbons (Fsp3) is 0.333. The Kier molecular flexibility index (Phi) is 6.13. The van der Waals surface area contributed by atoms with Crippen LogP contribution >= 0.6 is 0 Å². The Balaban J connectivity index is 1.26. The number of hydrogen-bond acceptors (Lipinski definition) is 5. The minimum Gasteiger partial charge on any atom is -0.493 e. The summed E-state index contributed by atoms with van der Waals surface area (Å²) in [6, 6.07) is 13.4. The van der Waals surface area contributed by atoms with Crippen molar-refractivity contribution in [3.05, 3.63) is 77.5 Å². The van der Waals surface area contributed by atoms with Crippen LogP contribution in [0.25, 0.3) is 10.9 Å². The number of fused-ring (bicyclic) bond motifs is 1. The largest absolute Gasteiger partial charge is 0.493 e. The van der Waals surface area contributed by atoms with E-state index in [2.05, 4.69) is 31.0 Å². The Morgan fingerprint density at radius 2 is 2.03 bits per heavy atom. The Labute approximate surface area is 185 Å². The molecular weight excluding hydrogens is 407 g/mol. The van der Waals surface area contributed by atoms with E-state index < -0.39 is 0 Å². The third-order valence-corrected chi connectivity index (χ3v) is 6.17. The number of benzene rings is 2. The predicted molar refractivity (Wildman–Crippen MR) is 121 cm³/mol. The van der Waals surface area contributed by atoms with Crippen molar-refractivity contribution in [2.75, 3.05) is 19.7 Å². The zero-order chi connectivity index (χ0) is 21.8. The number of hydrogen-bond donors (Lipinski definition) is 4. The van der Waals surface area contributed by atoms with Crippen molar-refractivity contribution in [2.24, 2.45) is 5.92 Å². The summed E-state index contributed by atoms with van der Waals surface area (Å²) in [5, 5.41) is 21.7. The molecule has 2 aromatic carbocycles. The SMILES string of the molecule is Fc1ccc([C@@H]2CCNC[C@H]2COc2ccc3[nH]ncc3c2)cc1CNCc1ccn[nH]1. The van der Waals surface area contributed by atoms with Crippen molar-refractivity contribution >= 4 is 10.9 Å². The fourth-order valence-electron chi connectivity index (χ4n) is 4.43. The predicted octanol–water partition coefficient (Wildman–Crippen LogP) is 3.49. The van der Waals surface area contributed by atoms with Crippen molar-refractivity contribution in [3.63, 3.8) is 0 Å². The van der Waals surface area contributed by atoms with Crippen LogP contribution in [0.1, 0.15) is 29.2 Å². The number of halogens is 1. The molecule has 32 heavy (non-hydrogen) atoms. The molecule has 0 bridgehead atoms. The number of nitrogens with zero attached hydrogens (tertiary/aromatic N) is 2.